The van der Waals surface area contributed by atoms with E-state index in [-0.39, 0.29) is 25.2 Å². The largest absolute Gasteiger partial charge is 0.466 e. The average Bonchev–Trinajstić information content (AvgIpc) is 2.74. The van der Waals surface area contributed by atoms with E-state index in [9.17, 15) is 9.59 Å². The van der Waals surface area contributed by atoms with E-state index < -0.39 is 11.4 Å². The van der Waals surface area contributed by atoms with Crippen molar-refractivity contribution >= 4 is 11.8 Å². The quantitative estimate of drug-likeness (QED) is 0.320. The lowest BCUT2D eigenvalue weighted by Gasteiger charge is -2.35. The van der Waals surface area contributed by atoms with Gasteiger partial charge in [0.25, 0.3) is 0 Å². The smallest absolute Gasteiger partial charge is 0.313 e. The number of hydrogen-bond donors (Lipinski definition) is 0. The fraction of sp³-hybridized carbons (Fsp3) is 0.200. The maximum atomic E-state index is 13.0. The minimum absolute atomic E-state index is 0.144. The molecule has 0 amide bonds. The van der Waals surface area contributed by atoms with Crippen LogP contribution in [0.2, 0.25) is 0 Å². The highest BCUT2D eigenvalue weighted by Gasteiger charge is 2.38. The van der Waals surface area contributed by atoms with Crippen LogP contribution in [0.25, 0.3) is 0 Å². The average molecular weight is 372 g/mol. The molecule has 0 atom stereocenters. The summed E-state index contributed by atoms with van der Waals surface area (Å²) in [6.07, 6.45) is -0.0358. The van der Waals surface area contributed by atoms with Crippen LogP contribution in [0.15, 0.2) is 91.0 Å². The number of benzene rings is 3. The minimum Gasteiger partial charge on any atom is -0.466 e. The first-order valence-corrected chi connectivity index (χ1v) is 9.50. The highest BCUT2D eigenvalue weighted by Crippen LogP contribution is 2.42. The highest BCUT2D eigenvalue weighted by molar-refractivity contribution is 5.96. The van der Waals surface area contributed by atoms with Gasteiger partial charge in [-0.05, 0) is 23.6 Å². The van der Waals surface area contributed by atoms with Gasteiger partial charge in [-0.2, -0.15) is 0 Å². The van der Waals surface area contributed by atoms with E-state index >= 15 is 0 Å². The molecule has 142 valence electrons. The number of carbonyl (C=O) groups excluding carboxylic acids is 2. The third kappa shape index (κ3) is 4.20. The van der Waals surface area contributed by atoms with Crippen LogP contribution in [0.4, 0.5) is 0 Å². The van der Waals surface area contributed by atoms with Crippen molar-refractivity contribution in [3.8, 4) is 0 Å². The molecule has 0 spiro atoms. The predicted octanol–water partition coefficient (Wildman–Crippen LogP) is 4.93. The summed E-state index contributed by atoms with van der Waals surface area (Å²) in [7, 11) is 0. The molecule has 0 aliphatic heterocycles. The predicted molar refractivity (Wildman–Crippen MR) is 110 cm³/mol. The van der Waals surface area contributed by atoms with Gasteiger partial charge in [0.1, 0.15) is 12.2 Å². The van der Waals surface area contributed by atoms with Crippen molar-refractivity contribution in [2.75, 3.05) is 6.61 Å². The molecule has 0 radical (unpaired) electrons. The normalized spacial score (nSPS) is 11.0. The minimum atomic E-state index is -0.673. The summed E-state index contributed by atoms with van der Waals surface area (Å²) < 4.78 is 4.98. The van der Waals surface area contributed by atoms with Gasteiger partial charge < -0.3 is 4.74 Å². The van der Waals surface area contributed by atoms with Gasteiger partial charge in [0, 0.05) is 6.42 Å². The topological polar surface area (TPSA) is 43.4 Å². The van der Waals surface area contributed by atoms with Gasteiger partial charge in [0.2, 0.25) is 0 Å². The van der Waals surface area contributed by atoms with E-state index in [1.165, 1.54) is 0 Å². The Hall–Kier alpha value is -3.20. The molecular formula is C25H24O3. The molecule has 0 bridgehead atoms. The zero-order valence-corrected chi connectivity index (χ0v) is 16.0. The van der Waals surface area contributed by atoms with E-state index in [1.54, 1.807) is 6.92 Å². The van der Waals surface area contributed by atoms with Crippen LogP contribution in [-0.4, -0.2) is 18.4 Å². The monoisotopic (exact) mass is 372 g/mol. The summed E-state index contributed by atoms with van der Waals surface area (Å²) in [6.45, 7) is 2.01. The maximum absolute atomic E-state index is 13.0. The Morgan fingerprint density at radius 3 is 1.46 bits per heavy atom. The van der Waals surface area contributed by atoms with Crippen molar-refractivity contribution in [2.45, 2.75) is 25.2 Å². The van der Waals surface area contributed by atoms with Gasteiger partial charge in [-0.15, -0.1) is 0 Å². The van der Waals surface area contributed by atoms with E-state index in [2.05, 4.69) is 0 Å². The van der Waals surface area contributed by atoms with E-state index in [1.807, 2.05) is 91.0 Å². The van der Waals surface area contributed by atoms with Gasteiger partial charge in [0.15, 0.2) is 0 Å². The third-order valence-corrected chi connectivity index (χ3v) is 4.91. The van der Waals surface area contributed by atoms with Crippen LogP contribution >= 0.6 is 0 Å². The van der Waals surface area contributed by atoms with E-state index in [0.717, 1.165) is 16.7 Å². The molecule has 0 saturated carbocycles. The van der Waals surface area contributed by atoms with Crippen molar-refractivity contribution in [3.63, 3.8) is 0 Å². The summed E-state index contributed by atoms with van der Waals surface area (Å²) >= 11 is 0. The molecule has 3 rings (SSSR count). The molecule has 0 saturated heterocycles. The Bertz CT molecular complexity index is 806. The summed E-state index contributed by atoms with van der Waals surface area (Å²) in [5.41, 5.74) is 2.38. The molecule has 3 nitrogen and oxygen atoms in total. The zero-order chi connectivity index (χ0) is 19.8. The molecule has 3 heteroatoms. The standard InChI is InChI=1S/C25H24O3/c1-2-28-24(27)18-23(26)19-25(20-12-6-3-7-13-20,21-14-8-4-9-15-21)22-16-10-5-11-17-22/h3-17H,2,18-19H2,1H3. The second-order valence-electron chi connectivity index (χ2n) is 6.70. The van der Waals surface area contributed by atoms with Gasteiger partial charge in [-0.3, -0.25) is 9.59 Å². The van der Waals surface area contributed by atoms with Crippen molar-refractivity contribution in [3.05, 3.63) is 108 Å². The van der Waals surface area contributed by atoms with Crippen molar-refractivity contribution in [1.29, 1.82) is 0 Å². The maximum Gasteiger partial charge on any atom is 0.313 e. The molecule has 0 aromatic heterocycles. The number of hydrogen-bond acceptors (Lipinski definition) is 3. The Morgan fingerprint density at radius 1 is 0.714 bits per heavy atom. The zero-order valence-electron chi connectivity index (χ0n) is 16.0. The van der Waals surface area contributed by atoms with Crippen LogP contribution in [-0.2, 0) is 19.7 Å². The molecule has 0 fully saturated rings. The Kier molecular flexibility index (Phi) is 6.38. The molecule has 0 unspecified atom stereocenters. The Morgan fingerprint density at radius 2 is 1.11 bits per heavy atom. The fourth-order valence-electron chi connectivity index (χ4n) is 3.71. The van der Waals surface area contributed by atoms with Gasteiger partial charge >= 0.3 is 5.97 Å². The lowest BCUT2D eigenvalue weighted by Crippen LogP contribution is -2.33. The van der Waals surface area contributed by atoms with E-state index in [4.69, 9.17) is 4.74 Å². The molecule has 0 aliphatic carbocycles. The molecule has 3 aromatic rings. The van der Waals surface area contributed by atoms with Gasteiger partial charge in [-0.25, -0.2) is 0 Å². The number of ether oxygens (including phenoxy) is 1. The Labute approximate surface area is 166 Å². The summed E-state index contributed by atoms with van der Waals surface area (Å²) in [4.78, 5) is 24.9. The fourth-order valence-corrected chi connectivity index (χ4v) is 3.71. The SMILES string of the molecule is CCOC(=O)CC(=O)CC(c1ccccc1)(c1ccccc1)c1ccccc1. The first kappa shape index (κ1) is 19.6. The number of Topliss-reactive ketones (excluding diaryl/α,β-unsaturated/α-hetero) is 1. The molecule has 28 heavy (non-hydrogen) atoms. The summed E-state index contributed by atoms with van der Waals surface area (Å²) in [5.74, 6) is -0.620. The summed E-state index contributed by atoms with van der Waals surface area (Å²) in [5, 5.41) is 0. The molecule has 0 N–H and O–H groups in total. The van der Waals surface area contributed by atoms with Gasteiger partial charge in [-0.1, -0.05) is 91.0 Å². The molecule has 0 heterocycles. The van der Waals surface area contributed by atoms with Crippen LogP contribution in [0.1, 0.15) is 36.5 Å². The first-order valence-electron chi connectivity index (χ1n) is 9.50. The summed E-state index contributed by atoms with van der Waals surface area (Å²) in [6, 6.07) is 30.0. The molecular weight excluding hydrogens is 348 g/mol. The van der Waals surface area contributed by atoms with Crippen molar-refractivity contribution in [1.82, 2.24) is 0 Å². The van der Waals surface area contributed by atoms with Gasteiger partial charge in [0.05, 0.1) is 12.0 Å². The number of esters is 1. The highest BCUT2D eigenvalue weighted by atomic mass is 16.5. The molecule has 0 aliphatic rings. The Balaban J connectivity index is 2.14. The number of carbonyl (C=O) groups is 2. The lowest BCUT2D eigenvalue weighted by molar-refractivity contribution is -0.145. The van der Waals surface area contributed by atoms with Crippen LogP contribution < -0.4 is 0 Å². The second kappa shape index (κ2) is 9.14. The van der Waals surface area contributed by atoms with Crippen LogP contribution in [0, 0.1) is 0 Å². The van der Waals surface area contributed by atoms with E-state index in [0.29, 0.717) is 0 Å². The van der Waals surface area contributed by atoms with Crippen LogP contribution in [0.3, 0.4) is 0 Å². The lowest BCUT2D eigenvalue weighted by atomic mass is 9.66. The first-order chi connectivity index (χ1) is 13.7. The third-order valence-electron chi connectivity index (χ3n) is 4.91. The van der Waals surface area contributed by atoms with Crippen LogP contribution in [0.5, 0.6) is 0 Å². The second-order valence-corrected chi connectivity index (χ2v) is 6.70. The molecule has 3 aromatic carbocycles. The number of ketones is 1. The van der Waals surface area contributed by atoms with Crippen molar-refractivity contribution < 1.29 is 14.3 Å². The number of rotatable bonds is 8. The van der Waals surface area contributed by atoms with Crippen molar-refractivity contribution in [2.24, 2.45) is 0 Å².